The average Bonchev–Trinajstić information content (AvgIpc) is 2.88. The highest BCUT2D eigenvalue weighted by molar-refractivity contribution is 14.1. The largest absolute Gasteiger partial charge is 0.445 e. The fourth-order valence-electron chi connectivity index (χ4n) is 2.23. The van der Waals surface area contributed by atoms with E-state index in [2.05, 4.69) is 32.9 Å². The summed E-state index contributed by atoms with van der Waals surface area (Å²) in [4.78, 5) is 28.3. The molecule has 2 heterocycles. The maximum absolute atomic E-state index is 12.1. The van der Waals surface area contributed by atoms with E-state index in [4.69, 9.17) is 9.15 Å². The quantitative estimate of drug-likeness (QED) is 0.577. The zero-order valence-corrected chi connectivity index (χ0v) is 16.3. The van der Waals surface area contributed by atoms with Gasteiger partial charge in [-0.25, -0.2) is 4.79 Å². The maximum atomic E-state index is 12.1. The van der Waals surface area contributed by atoms with Gasteiger partial charge in [0.05, 0.1) is 8.27 Å². The first-order chi connectivity index (χ1) is 12.0. The number of carbonyl (C=O) groups is 1. The van der Waals surface area contributed by atoms with Gasteiger partial charge in [0.2, 0.25) is 5.89 Å². The second-order valence-electron chi connectivity index (χ2n) is 5.31. The minimum absolute atomic E-state index is 0.207. The number of carbonyl (C=O) groups excluding carboxylic acids is 1. The van der Waals surface area contributed by atoms with E-state index in [1.165, 1.54) is 11.3 Å². The number of hydrogen-bond donors (Lipinski definition) is 1. The smallest absolute Gasteiger partial charge is 0.407 e. The fraction of sp³-hybridized carbons (Fsp3) is 0.235. The van der Waals surface area contributed by atoms with Crippen LogP contribution >= 0.6 is 33.9 Å². The summed E-state index contributed by atoms with van der Waals surface area (Å²) in [6.45, 7) is 2.36. The van der Waals surface area contributed by atoms with Crippen LogP contribution in [0.5, 0.6) is 0 Å². The van der Waals surface area contributed by atoms with Crippen LogP contribution in [-0.2, 0) is 17.8 Å². The third kappa shape index (κ3) is 4.37. The highest BCUT2D eigenvalue weighted by Crippen LogP contribution is 2.29. The second-order valence-corrected chi connectivity index (χ2v) is 8.11. The molecule has 0 spiro atoms. The van der Waals surface area contributed by atoms with Crippen molar-refractivity contribution in [2.75, 3.05) is 6.54 Å². The molecule has 1 aromatic carbocycles. The molecule has 130 valence electrons. The molecule has 3 rings (SSSR count). The zero-order chi connectivity index (χ0) is 17.8. The molecule has 0 bridgehead atoms. The Hall–Kier alpha value is -1.94. The second kappa shape index (κ2) is 7.96. The number of aryl methyl sites for hydroxylation is 1. The van der Waals surface area contributed by atoms with Gasteiger partial charge in [-0.1, -0.05) is 41.7 Å². The van der Waals surface area contributed by atoms with E-state index in [1.54, 1.807) is 0 Å². The van der Waals surface area contributed by atoms with E-state index in [1.807, 2.05) is 37.3 Å². The van der Waals surface area contributed by atoms with Gasteiger partial charge >= 0.3 is 6.09 Å². The zero-order valence-electron chi connectivity index (χ0n) is 13.4. The molecule has 0 atom stereocenters. The highest BCUT2D eigenvalue weighted by Gasteiger charge is 2.14. The molecule has 0 unspecified atom stereocenters. The summed E-state index contributed by atoms with van der Waals surface area (Å²) in [5, 5.41) is 3.16. The molecule has 0 aliphatic carbocycles. The van der Waals surface area contributed by atoms with Gasteiger partial charge in [-0.3, -0.25) is 4.79 Å². The Balaban J connectivity index is 1.54. The number of benzene rings is 1. The van der Waals surface area contributed by atoms with Gasteiger partial charge in [-0.15, -0.1) is 0 Å². The summed E-state index contributed by atoms with van der Waals surface area (Å²) >= 11 is 3.60. The molecule has 3 aromatic rings. The highest BCUT2D eigenvalue weighted by atomic mass is 127. The summed E-state index contributed by atoms with van der Waals surface area (Å²) in [5.41, 5.74) is 1.52. The van der Waals surface area contributed by atoms with Crippen molar-refractivity contribution in [2.24, 2.45) is 0 Å². The minimum atomic E-state index is -0.520. The monoisotopic (exact) mass is 470 g/mol. The number of hydrogen-bond acceptors (Lipinski definition) is 6. The van der Waals surface area contributed by atoms with Crippen molar-refractivity contribution < 1.29 is 13.9 Å². The molecule has 0 aliphatic heterocycles. The molecule has 0 fully saturated rings. The van der Waals surface area contributed by atoms with E-state index in [-0.39, 0.29) is 18.7 Å². The number of fused-ring (bicyclic) bond motifs is 1. The number of thiophene rings is 1. The van der Waals surface area contributed by atoms with Crippen molar-refractivity contribution >= 4 is 50.3 Å². The number of halogens is 1. The average molecular weight is 470 g/mol. The van der Waals surface area contributed by atoms with Crippen LogP contribution in [0.3, 0.4) is 0 Å². The van der Waals surface area contributed by atoms with Gasteiger partial charge in [0.1, 0.15) is 6.61 Å². The van der Waals surface area contributed by atoms with Crippen molar-refractivity contribution in [1.82, 2.24) is 10.3 Å². The van der Waals surface area contributed by atoms with Crippen LogP contribution in [0.1, 0.15) is 17.0 Å². The standard InChI is InChI=1S/C17H15IN2O4S/c1-10-13-15(21)20-12(24-16(13)25-14(10)18)7-8-19-17(22)23-9-11-5-3-2-4-6-11/h2-6H,7-9H2,1H3,(H,19,22). The van der Waals surface area contributed by atoms with E-state index in [0.717, 1.165) is 14.0 Å². The van der Waals surface area contributed by atoms with Crippen LogP contribution in [-0.4, -0.2) is 17.6 Å². The van der Waals surface area contributed by atoms with Gasteiger partial charge in [-0.2, -0.15) is 4.98 Å². The van der Waals surface area contributed by atoms with Crippen LogP contribution in [0.4, 0.5) is 4.79 Å². The first-order valence-corrected chi connectivity index (χ1v) is 9.47. The topological polar surface area (TPSA) is 81.4 Å². The number of rotatable bonds is 5. The maximum Gasteiger partial charge on any atom is 0.407 e. The first kappa shape index (κ1) is 17.9. The van der Waals surface area contributed by atoms with E-state index in [0.29, 0.717) is 22.6 Å². The van der Waals surface area contributed by atoms with Crippen LogP contribution < -0.4 is 10.9 Å². The molecule has 1 amide bonds. The van der Waals surface area contributed by atoms with Crippen LogP contribution in [0.25, 0.3) is 10.3 Å². The predicted octanol–water partition coefficient (Wildman–Crippen LogP) is 3.63. The van der Waals surface area contributed by atoms with Gasteiger partial charge in [-0.05, 0) is 40.6 Å². The minimum Gasteiger partial charge on any atom is -0.445 e. The molecule has 6 nitrogen and oxygen atoms in total. The molecule has 0 aliphatic rings. The van der Waals surface area contributed by atoms with Crippen molar-refractivity contribution in [3.05, 3.63) is 60.6 Å². The van der Waals surface area contributed by atoms with E-state index in [9.17, 15) is 9.59 Å². The van der Waals surface area contributed by atoms with E-state index < -0.39 is 6.09 Å². The molecule has 8 heteroatoms. The van der Waals surface area contributed by atoms with Crippen LogP contribution in [0, 0.1) is 9.81 Å². The summed E-state index contributed by atoms with van der Waals surface area (Å²) in [5.74, 6) is 0.304. The first-order valence-electron chi connectivity index (χ1n) is 7.58. The number of ether oxygens (including phenoxy) is 1. The number of nitrogens with zero attached hydrogens (tertiary/aromatic N) is 1. The molecule has 0 saturated carbocycles. The Bertz CT molecular complexity index is 952. The molecule has 1 N–H and O–H groups in total. The molecule has 0 radical (unpaired) electrons. The lowest BCUT2D eigenvalue weighted by atomic mass is 10.2. The van der Waals surface area contributed by atoms with Crippen molar-refractivity contribution in [2.45, 2.75) is 20.0 Å². The Kier molecular flexibility index (Phi) is 5.69. The summed E-state index contributed by atoms with van der Waals surface area (Å²) < 4.78 is 11.8. The summed E-state index contributed by atoms with van der Waals surface area (Å²) in [6.07, 6.45) is -0.201. The number of nitrogens with one attached hydrogen (secondary N) is 1. The van der Waals surface area contributed by atoms with Crippen LogP contribution in [0.2, 0.25) is 0 Å². The fourth-order valence-corrected chi connectivity index (χ4v) is 4.00. The molecule has 0 saturated heterocycles. The summed E-state index contributed by atoms with van der Waals surface area (Å²) in [6, 6.07) is 9.43. The third-order valence-corrected chi connectivity index (χ3v) is 5.96. The van der Waals surface area contributed by atoms with Crippen molar-refractivity contribution in [3.8, 4) is 0 Å². The lowest BCUT2D eigenvalue weighted by Crippen LogP contribution is -2.27. The predicted molar refractivity (Wildman–Crippen MR) is 104 cm³/mol. The Morgan fingerprint density at radius 1 is 1.36 bits per heavy atom. The Morgan fingerprint density at radius 3 is 2.88 bits per heavy atom. The SMILES string of the molecule is Cc1c(I)sc2oc(CCNC(=O)OCc3ccccc3)nc(=O)c12. The molecule has 25 heavy (non-hydrogen) atoms. The molecular weight excluding hydrogens is 455 g/mol. The third-order valence-electron chi connectivity index (χ3n) is 3.53. The van der Waals surface area contributed by atoms with Gasteiger partial charge in [0.15, 0.2) is 4.90 Å². The number of alkyl carbamates (subject to hydrolysis) is 1. The summed E-state index contributed by atoms with van der Waals surface area (Å²) in [7, 11) is 0. The molecule has 2 aromatic heterocycles. The van der Waals surface area contributed by atoms with Crippen molar-refractivity contribution in [1.29, 1.82) is 0 Å². The van der Waals surface area contributed by atoms with Gasteiger partial charge in [0.25, 0.3) is 5.56 Å². The Morgan fingerprint density at radius 2 is 2.12 bits per heavy atom. The van der Waals surface area contributed by atoms with Gasteiger partial charge < -0.3 is 14.5 Å². The Labute approximate surface area is 161 Å². The number of aromatic nitrogens is 1. The lowest BCUT2D eigenvalue weighted by molar-refractivity contribution is 0.139. The van der Waals surface area contributed by atoms with E-state index >= 15 is 0 Å². The van der Waals surface area contributed by atoms with Crippen molar-refractivity contribution in [3.63, 3.8) is 0 Å². The normalized spacial score (nSPS) is 10.8. The van der Waals surface area contributed by atoms with Gasteiger partial charge in [0, 0.05) is 13.0 Å². The lowest BCUT2D eigenvalue weighted by Gasteiger charge is -2.06. The molecular formula is C17H15IN2O4S. The van der Waals surface area contributed by atoms with Crippen LogP contribution in [0.15, 0.2) is 39.5 Å². The number of amides is 1.